The number of para-hydroxylation sites is 1. The van der Waals surface area contributed by atoms with E-state index < -0.39 is 0 Å². The van der Waals surface area contributed by atoms with Gasteiger partial charge in [0.05, 0.1) is 5.52 Å². The molecule has 1 unspecified atom stereocenters. The number of nitrogens with zero attached hydrogens (tertiary/aromatic N) is 3. The van der Waals surface area contributed by atoms with Gasteiger partial charge in [0.2, 0.25) is 11.9 Å². The molecule has 1 amide bonds. The Balaban J connectivity index is 2.00. The molecule has 1 aliphatic rings. The third kappa shape index (κ3) is 1.70. The van der Waals surface area contributed by atoms with E-state index in [1.807, 2.05) is 24.3 Å². The largest absolute Gasteiger partial charge is 0.279 e. The van der Waals surface area contributed by atoms with Crippen LogP contribution in [0, 0.1) is 18.3 Å². The predicted molar refractivity (Wildman–Crippen MR) is 68.8 cm³/mol. The van der Waals surface area contributed by atoms with Crippen molar-refractivity contribution in [3.05, 3.63) is 30.5 Å². The maximum Gasteiger partial charge on any atom is 0.232 e. The van der Waals surface area contributed by atoms with Crippen LogP contribution in [0.2, 0.25) is 0 Å². The molecular weight excluding hydrogens is 226 g/mol. The molecule has 18 heavy (non-hydrogen) atoms. The van der Waals surface area contributed by atoms with E-state index in [0.717, 1.165) is 10.9 Å². The number of hydrogen-bond donors (Lipinski definition) is 0. The smallest absolute Gasteiger partial charge is 0.232 e. The zero-order valence-corrected chi connectivity index (χ0v) is 9.71. The summed E-state index contributed by atoms with van der Waals surface area (Å²) in [5.41, 5.74) is 0.833. The highest BCUT2D eigenvalue weighted by molar-refractivity contribution is 5.95. The summed E-state index contributed by atoms with van der Waals surface area (Å²) in [6, 6.07) is 7.69. The van der Waals surface area contributed by atoms with Crippen LogP contribution in [0.5, 0.6) is 0 Å². The first-order valence-corrected chi connectivity index (χ1v) is 5.76. The van der Waals surface area contributed by atoms with Crippen molar-refractivity contribution >= 4 is 22.8 Å². The van der Waals surface area contributed by atoms with Gasteiger partial charge in [0.25, 0.3) is 0 Å². The zero-order chi connectivity index (χ0) is 12.5. The van der Waals surface area contributed by atoms with Crippen LogP contribution in [0.4, 0.5) is 5.95 Å². The molecule has 0 bridgehead atoms. The third-order valence-corrected chi connectivity index (χ3v) is 3.08. The Labute approximate surface area is 105 Å². The molecule has 2 aromatic rings. The maximum absolute atomic E-state index is 11.8. The Kier molecular flexibility index (Phi) is 2.45. The minimum absolute atomic E-state index is 0.00627. The van der Waals surface area contributed by atoms with Gasteiger partial charge in [-0.3, -0.25) is 9.69 Å². The highest BCUT2D eigenvalue weighted by atomic mass is 16.2. The minimum Gasteiger partial charge on any atom is -0.279 e. The van der Waals surface area contributed by atoms with Crippen molar-refractivity contribution in [3.63, 3.8) is 0 Å². The highest BCUT2D eigenvalue weighted by Crippen LogP contribution is 2.22. The SMILES string of the molecule is C#CC1CC(=O)N(c2ncc3ccccc3n2)C1. The van der Waals surface area contributed by atoms with Gasteiger partial charge < -0.3 is 0 Å². The fraction of sp³-hybridized carbons (Fsp3) is 0.214. The molecule has 1 atom stereocenters. The van der Waals surface area contributed by atoms with Crippen LogP contribution in [0.1, 0.15) is 6.42 Å². The summed E-state index contributed by atoms with van der Waals surface area (Å²) in [5, 5.41) is 0.960. The monoisotopic (exact) mass is 237 g/mol. The second kappa shape index (κ2) is 4.11. The van der Waals surface area contributed by atoms with Crippen LogP contribution in [0.15, 0.2) is 30.5 Å². The van der Waals surface area contributed by atoms with E-state index in [0.29, 0.717) is 18.9 Å². The summed E-state index contributed by atoms with van der Waals surface area (Å²) >= 11 is 0. The number of fused-ring (bicyclic) bond motifs is 1. The first-order chi connectivity index (χ1) is 8.78. The van der Waals surface area contributed by atoms with Crippen LogP contribution in [-0.2, 0) is 4.79 Å². The molecule has 0 N–H and O–H groups in total. The van der Waals surface area contributed by atoms with Crippen LogP contribution in [-0.4, -0.2) is 22.4 Å². The zero-order valence-electron chi connectivity index (χ0n) is 9.71. The van der Waals surface area contributed by atoms with Gasteiger partial charge in [-0.1, -0.05) is 18.2 Å². The van der Waals surface area contributed by atoms with Gasteiger partial charge in [0.15, 0.2) is 0 Å². The van der Waals surface area contributed by atoms with Gasteiger partial charge in [-0.05, 0) is 6.07 Å². The molecule has 4 nitrogen and oxygen atoms in total. The molecule has 1 fully saturated rings. The molecule has 0 radical (unpaired) electrons. The first-order valence-electron chi connectivity index (χ1n) is 5.76. The fourth-order valence-electron chi connectivity index (χ4n) is 2.10. The van der Waals surface area contributed by atoms with Gasteiger partial charge >= 0.3 is 0 Å². The number of amides is 1. The fourth-order valence-corrected chi connectivity index (χ4v) is 2.10. The quantitative estimate of drug-likeness (QED) is 0.708. The Morgan fingerprint density at radius 3 is 3.00 bits per heavy atom. The summed E-state index contributed by atoms with van der Waals surface area (Å²) in [5.74, 6) is 3.01. The molecule has 0 aliphatic carbocycles. The lowest BCUT2D eigenvalue weighted by Gasteiger charge is -2.13. The minimum atomic E-state index is -0.0347. The lowest BCUT2D eigenvalue weighted by Crippen LogP contribution is -2.26. The summed E-state index contributed by atoms with van der Waals surface area (Å²) < 4.78 is 0. The Morgan fingerprint density at radius 1 is 1.39 bits per heavy atom. The lowest BCUT2D eigenvalue weighted by atomic mass is 10.1. The maximum atomic E-state index is 11.8. The number of terminal acetylenes is 1. The Hall–Kier alpha value is -2.41. The summed E-state index contributed by atoms with van der Waals surface area (Å²) in [4.78, 5) is 22.0. The molecule has 88 valence electrons. The molecule has 1 aliphatic heterocycles. The summed E-state index contributed by atoms with van der Waals surface area (Å²) in [7, 11) is 0. The van der Waals surface area contributed by atoms with E-state index in [-0.39, 0.29) is 11.8 Å². The lowest BCUT2D eigenvalue weighted by molar-refractivity contribution is -0.117. The molecular formula is C14H11N3O. The molecule has 0 saturated carbocycles. The van der Waals surface area contributed by atoms with Gasteiger partial charge in [0.1, 0.15) is 0 Å². The number of carbonyl (C=O) groups excluding carboxylic acids is 1. The van der Waals surface area contributed by atoms with Gasteiger partial charge in [0, 0.05) is 30.5 Å². The molecule has 2 heterocycles. The van der Waals surface area contributed by atoms with Crippen LogP contribution in [0.25, 0.3) is 10.9 Å². The van der Waals surface area contributed by atoms with Crippen molar-refractivity contribution in [2.75, 3.05) is 11.4 Å². The van der Waals surface area contributed by atoms with E-state index in [1.54, 1.807) is 11.1 Å². The molecule has 1 saturated heterocycles. The van der Waals surface area contributed by atoms with E-state index >= 15 is 0 Å². The van der Waals surface area contributed by atoms with Crippen molar-refractivity contribution in [1.29, 1.82) is 0 Å². The molecule has 4 heteroatoms. The molecule has 1 aromatic carbocycles. The van der Waals surface area contributed by atoms with Crippen molar-refractivity contribution in [2.45, 2.75) is 6.42 Å². The summed E-state index contributed by atoms with van der Waals surface area (Å²) in [6.45, 7) is 0.508. The Bertz CT molecular complexity index is 659. The Morgan fingerprint density at radius 2 is 2.22 bits per heavy atom. The number of anilines is 1. The normalized spacial score (nSPS) is 19.2. The van der Waals surface area contributed by atoms with Crippen molar-refractivity contribution in [2.24, 2.45) is 5.92 Å². The van der Waals surface area contributed by atoms with Gasteiger partial charge in [-0.25, -0.2) is 9.97 Å². The van der Waals surface area contributed by atoms with E-state index in [4.69, 9.17) is 6.42 Å². The molecule has 3 rings (SSSR count). The average Bonchev–Trinajstić information content (AvgIpc) is 2.79. The van der Waals surface area contributed by atoms with Gasteiger partial charge in [-0.2, -0.15) is 0 Å². The summed E-state index contributed by atoms with van der Waals surface area (Å²) in [6.07, 6.45) is 7.47. The van der Waals surface area contributed by atoms with Crippen molar-refractivity contribution in [1.82, 2.24) is 9.97 Å². The van der Waals surface area contributed by atoms with E-state index in [2.05, 4.69) is 15.9 Å². The standard InChI is InChI=1S/C14H11N3O/c1-2-10-7-13(18)17(9-10)14-15-8-11-5-3-4-6-12(11)16-14/h1,3-6,8,10H,7,9H2. The predicted octanol–water partition coefficient (Wildman–Crippen LogP) is 1.62. The third-order valence-electron chi connectivity index (χ3n) is 3.08. The number of rotatable bonds is 1. The second-order valence-electron chi connectivity index (χ2n) is 4.30. The topological polar surface area (TPSA) is 46.1 Å². The number of aromatic nitrogens is 2. The van der Waals surface area contributed by atoms with Gasteiger partial charge in [-0.15, -0.1) is 12.3 Å². The second-order valence-corrected chi connectivity index (χ2v) is 4.30. The number of carbonyl (C=O) groups is 1. The van der Waals surface area contributed by atoms with Crippen molar-refractivity contribution in [3.8, 4) is 12.3 Å². The molecule has 1 aromatic heterocycles. The first kappa shape index (κ1) is 10.7. The van der Waals surface area contributed by atoms with E-state index in [9.17, 15) is 4.79 Å². The highest BCUT2D eigenvalue weighted by Gasteiger charge is 2.31. The number of benzene rings is 1. The average molecular weight is 237 g/mol. The van der Waals surface area contributed by atoms with Crippen LogP contribution in [0.3, 0.4) is 0 Å². The van der Waals surface area contributed by atoms with Crippen molar-refractivity contribution < 1.29 is 4.79 Å². The van der Waals surface area contributed by atoms with Crippen LogP contribution >= 0.6 is 0 Å². The van der Waals surface area contributed by atoms with E-state index in [1.165, 1.54) is 0 Å². The van der Waals surface area contributed by atoms with Crippen LogP contribution < -0.4 is 4.90 Å². The molecule has 0 spiro atoms. The number of hydrogen-bond acceptors (Lipinski definition) is 3.